The van der Waals surface area contributed by atoms with Crippen LogP contribution < -0.4 is 10.6 Å². The van der Waals surface area contributed by atoms with Crippen LogP contribution in [0.25, 0.3) is 0 Å². The van der Waals surface area contributed by atoms with Crippen molar-refractivity contribution in [3.05, 3.63) is 29.3 Å². The van der Waals surface area contributed by atoms with Crippen LogP contribution in [0.3, 0.4) is 0 Å². The summed E-state index contributed by atoms with van der Waals surface area (Å²) in [5.41, 5.74) is 10.8. The fourth-order valence-corrected chi connectivity index (χ4v) is 3.29. The molecule has 118 valence electrons. The lowest BCUT2D eigenvalue weighted by Gasteiger charge is -2.40. The Hall–Kier alpha value is -1.02. The Morgan fingerprint density at radius 1 is 1.24 bits per heavy atom. The minimum absolute atomic E-state index is 0.287. The van der Waals surface area contributed by atoms with Crippen LogP contribution in [0, 0.1) is 12.3 Å². The van der Waals surface area contributed by atoms with Crippen molar-refractivity contribution in [1.29, 1.82) is 0 Å². The van der Waals surface area contributed by atoms with Gasteiger partial charge < -0.3 is 10.6 Å². The summed E-state index contributed by atoms with van der Waals surface area (Å²) in [5, 5.41) is 0. The van der Waals surface area contributed by atoms with Crippen molar-refractivity contribution in [2.75, 3.05) is 18.0 Å². The van der Waals surface area contributed by atoms with Crippen molar-refractivity contribution in [3.8, 4) is 0 Å². The molecule has 2 rings (SSSR count). The molecule has 1 heterocycles. The Morgan fingerprint density at radius 2 is 1.90 bits per heavy atom. The fraction of sp³-hybridized carbons (Fsp3) is 0.684. The number of aryl methyl sites for hydroxylation is 1. The summed E-state index contributed by atoms with van der Waals surface area (Å²) in [7, 11) is 0. The molecule has 2 N–H and O–H groups in total. The predicted octanol–water partition coefficient (Wildman–Crippen LogP) is 4.29. The summed E-state index contributed by atoms with van der Waals surface area (Å²) >= 11 is 0. The largest absolute Gasteiger partial charge is 0.371 e. The highest BCUT2D eigenvalue weighted by atomic mass is 15.1. The lowest BCUT2D eigenvalue weighted by Crippen LogP contribution is -2.38. The second-order valence-corrected chi connectivity index (χ2v) is 7.14. The molecule has 1 unspecified atom stereocenters. The summed E-state index contributed by atoms with van der Waals surface area (Å²) in [6, 6.07) is 7.20. The Bertz CT molecular complexity index is 459. The number of anilines is 1. The van der Waals surface area contributed by atoms with E-state index in [1.165, 1.54) is 49.2 Å². The van der Waals surface area contributed by atoms with Gasteiger partial charge in [-0.25, -0.2) is 0 Å². The maximum Gasteiger partial charge on any atom is 0.0396 e. The Morgan fingerprint density at radius 3 is 2.43 bits per heavy atom. The number of benzene rings is 1. The van der Waals surface area contributed by atoms with Crippen molar-refractivity contribution in [2.24, 2.45) is 11.1 Å². The molecule has 0 amide bonds. The van der Waals surface area contributed by atoms with Gasteiger partial charge in [0.15, 0.2) is 0 Å². The van der Waals surface area contributed by atoms with E-state index in [9.17, 15) is 0 Å². The van der Waals surface area contributed by atoms with Crippen LogP contribution >= 0.6 is 0 Å². The SMILES string of the molecule is CCC(N)Cc1ccc(N2CCC(C)(CC)CC2)c(C)c1. The van der Waals surface area contributed by atoms with Crippen LogP contribution in [-0.4, -0.2) is 19.1 Å². The first-order chi connectivity index (χ1) is 9.97. The molecule has 21 heavy (non-hydrogen) atoms. The van der Waals surface area contributed by atoms with Gasteiger partial charge in [-0.05, 0) is 55.2 Å². The van der Waals surface area contributed by atoms with Gasteiger partial charge in [-0.15, -0.1) is 0 Å². The van der Waals surface area contributed by atoms with Crippen molar-refractivity contribution in [2.45, 2.75) is 65.8 Å². The molecular weight excluding hydrogens is 256 g/mol. The van der Waals surface area contributed by atoms with Crippen molar-refractivity contribution in [1.82, 2.24) is 0 Å². The third kappa shape index (κ3) is 4.00. The van der Waals surface area contributed by atoms with Crippen molar-refractivity contribution >= 4 is 5.69 Å². The first-order valence-electron chi connectivity index (χ1n) is 8.57. The number of nitrogens with two attached hydrogens (primary N) is 1. The molecule has 0 radical (unpaired) electrons. The molecule has 1 fully saturated rings. The minimum Gasteiger partial charge on any atom is -0.371 e. The standard InChI is InChI=1S/C19H32N2/c1-5-17(20)14-16-7-8-18(15(3)13-16)21-11-9-19(4,6-2)10-12-21/h7-8,13,17H,5-6,9-12,14,20H2,1-4H3. The smallest absolute Gasteiger partial charge is 0.0396 e. The number of piperidine rings is 1. The average Bonchev–Trinajstić information content (AvgIpc) is 2.48. The highest BCUT2D eigenvalue weighted by Gasteiger charge is 2.28. The van der Waals surface area contributed by atoms with E-state index in [1.807, 2.05) is 0 Å². The van der Waals surface area contributed by atoms with E-state index in [4.69, 9.17) is 5.73 Å². The molecule has 1 aliphatic heterocycles. The maximum absolute atomic E-state index is 6.07. The molecule has 0 saturated carbocycles. The van der Waals surface area contributed by atoms with Gasteiger partial charge in [0.1, 0.15) is 0 Å². The molecule has 0 aromatic heterocycles. The minimum atomic E-state index is 0.287. The molecule has 2 nitrogen and oxygen atoms in total. The van der Waals surface area contributed by atoms with Crippen molar-refractivity contribution < 1.29 is 0 Å². The number of hydrogen-bond donors (Lipinski definition) is 1. The van der Waals surface area contributed by atoms with Gasteiger partial charge in [0, 0.05) is 24.8 Å². The van der Waals surface area contributed by atoms with Gasteiger partial charge in [0.25, 0.3) is 0 Å². The predicted molar refractivity (Wildman–Crippen MR) is 93.0 cm³/mol. The van der Waals surface area contributed by atoms with Crippen LogP contribution in [0.4, 0.5) is 5.69 Å². The van der Waals surface area contributed by atoms with E-state index in [2.05, 4.69) is 50.8 Å². The van der Waals surface area contributed by atoms with Gasteiger partial charge in [-0.2, -0.15) is 0 Å². The van der Waals surface area contributed by atoms with E-state index < -0.39 is 0 Å². The van der Waals surface area contributed by atoms with Crippen LogP contribution in [-0.2, 0) is 6.42 Å². The summed E-state index contributed by atoms with van der Waals surface area (Å²) in [6.07, 6.45) is 5.96. The van der Waals surface area contributed by atoms with Gasteiger partial charge in [-0.3, -0.25) is 0 Å². The van der Waals surface area contributed by atoms with Gasteiger partial charge >= 0.3 is 0 Å². The second-order valence-electron chi connectivity index (χ2n) is 7.14. The topological polar surface area (TPSA) is 29.3 Å². The Balaban J connectivity index is 2.05. The summed E-state index contributed by atoms with van der Waals surface area (Å²) in [4.78, 5) is 2.57. The fourth-order valence-electron chi connectivity index (χ4n) is 3.29. The second kappa shape index (κ2) is 6.83. The highest BCUT2D eigenvalue weighted by molar-refractivity contribution is 5.55. The molecule has 1 aromatic rings. The molecule has 0 aliphatic carbocycles. The molecule has 1 atom stereocenters. The first-order valence-corrected chi connectivity index (χ1v) is 8.57. The third-order valence-electron chi connectivity index (χ3n) is 5.45. The molecule has 1 aliphatic rings. The zero-order valence-electron chi connectivity index (χ0n) is 14.3. The number of hydrogen-bond acceptors (Lipinski definition) is 2. The Labute approximate surface area is 130 Å². The van der Waals surface area contributed by atoms with Gasteiger partial charge in [0.05, 0.1) is 0 Å². The zero-order chi connectivity index (χ0) is 15.5. The molecular formula is C19H32N2. The van der Waals surface area contributed by atoms with Gasteiger partial charge in [-0.1, -0.05) is 39.3 Å². The van der Waals surface area contributed by atoms with Gasteiger partial charge in [0.2, 0.25) is 0 Å². The monoisotopic (exact) mass is 288 g/mol. The van der Waals surface area contributed by atoms with E-state index >= 15 is 0 Å². The maximum atomic E-state index is 6.07. The molecule has 0 bridgehead atoms. The number of nitrogens with zero attached hydrogens (tertiary/aromatic N) is 1. The zero-order valence-corrected chi connectivity index (χ0v) is 14.3. The third-order valence-corrected chi connectivity index (χ3v) is 5.45. The van der Waals surface area contributed by atoms with E-state index in [0.29, 0.717) is 5.41 Å². The first kappa shape index (κ1) is 16.4. The van der Waals surface area contributed by atoms with E-state index in [1.54, 1.807) is 0 Å². The highest BCUT2D eigenvalue weighted by Crippen LogP contribution is 2.36. The average molecular weight is 288 g/mol. The summed E-state index contributed by atoms with van der Waals surface area (Å²) < 4.78 is 0. The van der Waals surface area contributed by atoms with Crippen molar-refractivity contribution in [3.63, 3.8) is 0 Å². The Kier molecular flexibility index (Phi) is 5.32. The number of rotatable bonds is 5. The molecule has 1 aromatic carbocycles. The van der Waals surface area contributed by atoms with Crippen LogP contribution in [0.5, 0.6) is 0 Å². The summed E-state index contributed by atoms with van der Waals surface area (Å²) in [6.45, 7) is 11.5. The lowest BCUT2D eigenvalue weighted by molar-refractivity contribution is 0.238. The van der Waals surface area contributed by atoms with Crippen LogP contribution in [0.1, 0.15) is 57.6 Å². The van der Waals surface area contributed by atoms with Crippen LogP contribution in [0.2, 0.25) is 0 Å². The molecule has 0 spiro atoms. The summed E-state index contributed by atoms with van der Waals surface area (Å²) in [5.74, 6) is 0. The molecule has 1 saturated heterocycles. The lowest BCUT2D eigenvalue weighted by atomic mass is 9.78. The normalized spacial score (nSPS) is 19.6. The van der Waals surface area contributed by atoms with E-state index in [-0.39, 0.29) is 6.04 Å². The van der Waals surface area contributed by atoms with Crippen LogP contribution in [0.15, 0.2) is 18.2 Å². The van der Waals surface area contributed by atoms with E-state index in [0.717, 1.165) is 12.8 Å². The molecule has 2 heteroatoms. The quantitative estimate of drug-likeness (QED) is 0.875.